The molecule has 3 amide bonds. The quantitative estimate of drug-likeness (QED) is 0.568. The van der Waals surface area contributed by atoms with Crippen LogP contribution in [-0.2, 0) is 14.4 Å². The number of amides is 3. The number of halogens is 1. The summed E-state index contributed by atoms with van der Waals surface area (Å²) in [5, 5.41) is 14.8. The molecular formula is C12H20ClN3O4. The predicted molar refractivity (Wildman–Crippen MR) is 73.2 cm³/mol. The van der Waals surface area contributed by atoms with Crippen molar-refractivity contribution in [3.05, 3.63) is 0 Å². The fraction of sp³-hybridized carbons (Fsp3) is 0.750. The molecule has 0 aromatic carbocycles. The van der Waals surface area contributed by atoms with Crippen molar-refractivity contribution in [1.82, 2.24) is 15.5 Å². The number of rotatable bonds is 3. The number of nitrogens with one attached hydrogen (secondary N) is 2. The van der Waals surface area contributed by atoms with E-state index in [4.69, 9.17) is 0 Å². The van der Waals surface area contributed by atoms with Gasteiger partial charge in [0.15, 0.2) is 0 Å². The van der Waals surface area contributed by atoms with Gasteiger partial charge in [0.2, 0.25) is 11.8 Å². The summed E-state index contributed by atoms with van der Waals surface area (Å²) in [6, 6.07) is -1.47. The van der Waals surface area contributed by atoms with Crippen molar-refractivity contribution in [2.45, 2.75) is 50.9 Å². The highest BCUT2D eigenvalue weighted by Crippen LogP contribution is 2.17. The minimum absolute atomic E-state index is 0. The third kappa shape index (κ3) is 3.28. The van der Waals surface area contributed by atoms with Crippen molar-refractivity contribution in [1.29, 1.82) is 0 Å². The first-order chi connectivity index (χ1) is 8.90. The molecular weight excluding hydrogens is 286 g/mol. The van der Waals surface area contributed by atoms with Crippen LogP contribution >= 0.6 is 12.4 Å². The smallest absolute Gasteiger partial charge is 0.252 e. The second-order valence-corrected chi connectivity index (χ2v) is 5.31. The van der Waals surface area contributed by atoms with E-state index in [0.29, 0.717) is 13.0 Å². The minimum atomic E-state index is -0.776. The topological polar surface area (TPSA) is 98.7 Å². The highest BCUT2D eigenvalue weighted by molar-refractivity contribution is 6.07. The first-order valence-corrected chi connectivity index (χ1v) is 6.48. The summed E-state index contributed by atoms with van der Waals surface area (Å²) in [6.07, 6.45) is -0.198. The molecule has 20 heavy (non-hydrogen) atoms. The first kappa shape index (κ1) is 16.9. The molecule has 0 aromatic heterocycles. The van der Waals surface area contributed by atoms with E-state index in [-0.39, 0.29) is 42.6 Å². The Labute approximate surface area is 123 Å². The maximum atomic E-state index is 12.0. The Balaban J connectivity index is 0.00000200. The highest BCUT2D eigenvalue weighted by atomic mass is 35.5. The summed E-state index contributed by atoms with van der Waals surface area (Å²) in [6.45, 7) is 3.89. The van der Waals surface area contributed by atoms with E-state index in [9.17, 15) is 19.5 Å². The van der Waals surface area contributed by atoms with E-state index < -0.39 is 18.2 Å². The van der Waals surface area contributed by atoms with E-state index in [1.807, 2.05) is 0 Å². The van der Waals surface area contributed by atoms with Gasteiger partial charge in [0.05, 0.1) is 18.6 Å². The number of aliphatic hydroxyl groups is 1. The lowest BCUT2D eigenvalue weighted by Gasteiger charge is -2.19. The lowest BCUT2D eigenvalue weighted by Crippen LogP contribution is -2.48. The lowest BCUT2D eigenvalue weighted by atomic mass is 10.1. The molecule has 0 bridgehead atoms. The molecule has 2 fully saturated rings. The molecule has 0 radical (unpaired) electrons. The molecule has 0 aromatic rings. The Kier molecular flexibility index (Phi) is 5.50. The average molecular weight is 306 g/mol. The Morgan fingerprint density at radius 3 is 2.55 bits per heavy atom. The van der Waals surface area contributed by atoms with Crippen LogP contribution in [-0.4, -0.2) is 58.5 Å². The Morgan fingerprint density at radius 1 is 1.45 bits per heavy atom. The van der Waals surface area contributed by atoms with Gasteiger partial charge in [-0.15, -0.1) is 12.4 Å². The van der Waals surface area contributed by atoms with Crippen LogP contribution in [0.5, 0.6) is 0 Å². The van der Waals surface area contributed by atoms with Gasteiger partial charge in [-0.2, -0.15) is 0 Å². The maximum Gasteiger partial charge on any atom is 0.252 e. The van der Waals surface area contributed by atoms with Crippen LogP contribution in [0.2, 0.25) is 0 Å². The van der Waals surface area contributed by atoms with Gasteiger partial charge in [0.1, 0.15) is 6.04 Å². The molecule has 8 heteroatoms. The molecule has 0 saturated carbocycles. The fourth-order valence-electron chi connectivity index (χ4n) is 2.50. The molecule has 2 aliphatic heterocycles. The maximum absolute atomic E-state index is 12.0. The molecule has 0 aliphatic carbocycles. The number of hydrogen-bond donors (Lipinski definition) is 3. The second-order valence-electron chi connectivity index (χ2n) is 5.31. The molecule has 2 aliphatic rings. The SMILES string of the molecule is CC(C)N1C(=O)CC(NC(=O)C2CC(O)CN2)C1=O.Cl. The summed E-state index contributed by atoms with van der Waals surface area (Å²) in [7, 11) is 0. The van der Waals surface area contributed by atoms with Crippen molar-refractivity contribution in [3.8, 4) is 0 Å². The van der Waals surface area contributed by atoms with Gasteiger partial charge in [-0.3, -0.25) is 19.3 Å². The molecule has 2 saturated heterocycles. The lowest BCUT2D eigenvalue weighted by molar-refractivity contribution is -0.141. The fourth-order valence-corrected chi connectivity index (χ4v) is 2.50. The number of hydrogen-bond acceptors (Lipinski definition) is 5. The zero-order valence-electron chi connectivity index (χ0n) is 11.5. The molecule has 7 nitrogen and oxygen atoms in total. The number of imide groups is 1. The summed E-state index contributed by atoms with van der Waals surface area (Å²) in [5.41, 5.74) is 0. The van der Waals surface area contributed by atoms with E-state index in [2.05, 4.69) is 10.6 Å². The Hall–Kier alpha value is -1.18. The zero-order valence-corrected chi connectivity index (χ0v) is 12.3. The largest absolute Gasteiger partial charge is 0.392 e. The van der Waals surface area contributed by atoms with Crippen molar-refractivity contribution in [3.63, 3.8) is 0 Å². The van der Waals surface area contributed by atoms with E-state index in [1.165, 1.54) is 4.90 Å². The van der Waals surface area contributed by atoms with Crippen LogP contribution < -0.4 is 10.6 Å². The standard InChI is InChI=1S/C12H19N3O4.ClH/c1-6(2)15-10(17)4-9(12(15)19)14-11(18)8-3-7(16)5-13-8;/h6-9,13,16H,3-5H2,1-2H3,(H,14,18);1H. The minimum Gasteiger partial charge on any atom is -0.392 e. The summed E-state index contributed by atoms with van der Waals surface area (Å²) < 4.78 is 0. The molecule has 114 valence electrons. The summed E-state index contributed by atoms with van der Waals surface area (Å²) in [5.74, 6) is -0.954. The van der Waals surface area contributed by atoms with Gasteiger partial charge >= 0.3 is 0 Å². The van der Waals surface area contributed by atoms with Gasteiger partial charge in [0.25, 0.3) is 5.91 Å². The number of likely N-dealkylation sites (tertiary alicyclic amines) is 1. The van der Waals surface area contributed by atoms with Crippen LogP contribution in [0.25, 0.3) is 0 Å². The van der Waals surface area contributed by atoms with Crippen LogP contribution in [0.4, 0.5) is 0 Å². The van der Waals surface area contributed by atoms with E-state index >= 15 is 0 Å². The Bertz CT molecular complexity index is 416. The number of carbonyl (C=O) groups excluding carboxylic acids is 3. The van der Waals surface area contributed by atoms with Crippen LogP contribution in [0, 0.1) is 0 Å². The average Bonchev–Trinajstić information content (AvgIpc) is 2.84. The molecule has 0 spiro atoms. The molecule has 2 heterocycles. The van der Waals surface area contributed by atoms with Crippen molar-refractivity contribution >= 4 is 30.1 Å². The third-order valence-corrected chi connectivity index (χ3v) is 3.44. The second kappa shape index (κ2) is 6.51. The van der Waals surface area contributed by atoms with Gasteiger partial charge in [0, 0.05) is 12.6 Å². The van der Waals surface area contributed by atoms with Gasteiger partial charge in [-0.1, -0.05) is 0 Å². The monoisotopic (exact) mass is 305 g/mol. The highest BCUT2D eigenvalue weighted by Gasteiger charge is 2.41. The van der Waals surface area contributed by atoms with Crippen LogP contribution in [0.1, 0.15) is 26.7 Å². The number of nitrogens with zero attached hydrogens (tertiary/aromatic N) is 1. The van der Waals surface area contributed by atoms with Gasteiger partial charge < -0.3 is 15.7 Å². The molecule has 3 unspecified atom stereocenters. The van der Waals surface area contributed by atoms with Gasteiger partial charge in [-0.05, 0) is 20.3 Å². The molecule has 3 atom stereocenters. The number of β-amino-alcohol motifs (C(OH)–C–C–N with tert-alkyl or cyclic N) is 1. The normalized spacial score (nSPS) is 29.8. The molecule has 3 N–H and O–H groups in total. The number of aliphatic hydroxyl groups excluding tert-OH is 1. The van der Waals surface area contributed by atoms with E-state index in [1.54, 1.807) is 13.8 Å². The van der Waals surface area contributed by atoms with Crippen molar-refractivity contribution in [2.75, 3.05) is 6.54 Å². The van der Waals surface area contributed by atoms with Gasteiger partial charge in [-0.25, -0.2) is 0 Å². The Morgan fingerprint density at radius 2 is 2.10 bits per heavy atom. The van der Waals surface area contributed by atoms with Crippen molar-refractivity contribution in [2.24, 2.45) is 0 Å². The van der Waals surface area contributed by atoms with Crippen LogP contribution in [0.15, 0.2) is 0 Å². The zero-order chi connectivity index (χ0) is 14.2. The predicted octanol–water partition coefficient (Wildman–Crippen LogP) is -1.22. The third-order valence-electron chi connectivity index (χ3n) is 3.44. The summed E-state index contributed by atoms with van der Waals surface area (Å²) >= 11 is 0. The molecule has 2 rings (SSSR count). The van der Waals surface area contributed by atoms with E-state index in [0.717, 1.165) is 0 Å². The number of carbonyl (C=O) groups is 3. The summed E-state index contributed by atoms with van der Waals surface area (Å²) in [4.78, 5) is 36.8. The first-order valence-electron chi connectivity index (χ1n) is 6.48. The van der Waals surface area contributed by atoms with Crippen LogP contribution in [0.3, 0.4) is 0 Å². The van der Waals surface area contributed by atoms with Crippen molar-refractivity contribution < 1.29 is 19.5 Å².